The van der Waals surface area contributed by atoms with Crippen molar-refractivity contribution in [3.8, 4) is 0 Å². The van der Waals surface area contributed by atoms with Crippen molar-refractivity contribution in [3.05, 3.63) is 70.8 Å². The van der Waals surface area contributed by atoms with Crippen molar-refractivity contribution < 1.29 is 14.4 Å². The lowest BCUT2D eigenvalue weighted by Gasteiger charge is -2.18. The Bertz CT molecular complexity index is 1020. The number of rotatable bonds is 12. The zero-order valence-corrected chi connectivity index (χ0v) is 20.9. The highest BCUT2D eigenvalue weighted by atomic mass is 16.2. The number of likely N-dealkylation sites (tertiary alicyclic amines) is 1. The molecule has 0 saturated carbocycles. The van der Waals surface area contributed by atoms with Crippen molar-refractivity contribution in [1.29, 1.82) is 0 Å². The Labute approximate surface area is 208 Å². The minimum Gasteiger partial charge on any atom is -0.349 e. The van der Waals surface area contributed by atoms with Gasteiger partial charge in [0.05, 0.1) is 12.6 Å². The number of hydrogen-bond donors (Lipinski definition) is 2. The number of ketones is 1. The SMILES string of the molecule is CCCCC(NC(=O)c1ccccc1C=Cc1ccc(CN2CCCC2)cc1)C(=O)CNC(C)=O. The second-order valence-corrected chi connectivity index (χ2v) is 9.19. The fourth-order valence-electron chi connectivity index (χ4n) is 4.26. The van der Waals surface area contributed by atoms with Crippen LogP contribution < -0.4 is 10.6 Å². The summed E-state index contributed by atoms with van der Waals surface area (Å²) in [6.45, 7) is 6.68. The van der Waals surface area contributed by atoms with Crippen LogP contribution in [0.4, 0.5) is 0 Å². The lowest BCUT2D eigenvalue weighted by molar-refractivity contribution is -0.124. The van der Waals surface area contributed by atoms with Gasteiger partial charge in [-0.25, -0.2) is 0 Å². The van der Waals surface area contributed by atoms with Crippen LogP contribution in [0.1, 0.15) is 73.0 Å². The number of nitrogens with one attached hydrogen (secondary N) is 2. The number of hydrogen-bond acceptors (Lipinski definition) is 4. The van der Waals surface area contributed by atoms with Crippen LogP contribution in [0.5, 0.6) is 0 Å². The molecule has 1 aliphatic heterocycles. The topological polar surface area (TPSA) is 78.5 Å². The normalized spacial score (nSPS) is 14.7. The van der Waals surface area contributed by atoms with Gasteiger partial charge < -0.3 is 10.6 Å². The van der Waals surface area contributed by atoms with E-state index in [1.54, 1.807) is 6.07 Å². The van der Waals surface area contributed by atoms with E-state index in [9.17, 15) is 14.4 Å². The fourth-order valence-corrected chi connectivity index (χ4v) is 4.26. The summed E-state index contributed by atoms with van der Waals surface area (Å²) in [7, 11) is 0. The zero-order valence-electron chi connectivity index (χ0n) is 20.9. The molecule has 35 heavy (non-hydrogen) atoms. The molecule has 3 rings (SSSR count). The quantitative estimate of drug-likeness (QED) is 0.445. The number of carbonyl (C=O) groups is 3. The van der Waals surface area contributed by atoms with E-state index < -0.39 is 6.04 Å². The number of unbranched alkanes of at least 4 members (excludes halogenated alkanes) is 1. The first-order valence-electron chi connectivity index (χ1n) is 12.6. The summed E-state index contributed by atoms with van der Waals surface area (Å²) in [5, 5.41) is 5.43. The Kier molecular flexibility index (Phi) is 10.2. The minimum absolute atomic E-state index is 0.0840. The van der Waals surface area contributed by atoms with Gasteiger partial charge in [-0.15, -0.1) is 0 Å². The first kappa shape index (κ1) is 26.4. The molecule has 1 fully saturated rings. The van der Waals surface area contributed by atoms with Crippen molar-refractivity contribution >= 4 is 29.7 Å². The Morgan fingerprint density at radius 2 is 1.71 bits per heavy atom. The molecule has 1 unspecified atom stereocenters. The third-order valence-corrected chi connectivity index (χ3v) is 6.30. The summed E-state index contributed by atoms with van der Waals surface area (Å²) in [6, 6.07) is 15.3. The number of nitrogens with zero attached hydrogens (tertiary/aromatic N) is 1. The van der Waals surface area contributed by atoms with E-state index >= 15 is 0 Å². The van der Waals surface area contributed by atoms with Gasteiger partial charge in [0.25, 0.3) is 5.91 Å². The molecule has 0 aliphatic carbocycles. The molecule has 0 aromatic heterocycles. The Balaban J connectivity index is 1.67. The van der Waals surface area contributed by atoms with Gasteiger partial charge in [0.1, 0.15) is 0 Å². The smallest absolute Gasteiger partial charge is 0.252 e. The zero-order chi connectivity index (χ0) is 25.0. The first-order valence-corrected chi connectivity index (χ1v) is 12.6. The standard InChI is InChI=1S/C29H37N3O3/c1-3-4-11-27(28(34)20-30-22(2)33)31-29(35)26-10-6-5-9-25(26)17-16-23-12-14-24(15-13-23)21-32-18-7-8-19-32/h5-6,9-10,12-17,27H,3-4,7-8,11,18-21H2,1-2H3,(H,30,33)(H,31,35). The highest BCUT2D eigenvalue weighted by molar-refractivity contribution is 6.01. The van der Waals surface area contributed by atoms with Gasteiger partial charge in [0.15, 0.2) is 5.78 Å². The van der Waals surface area contributed by atoms with Crippen LogP contribution in [0.15, 0.2) is 48.5 Å². The summed E-state index contributed by atoms with van der Waals surface area (Å²) in [4.78, 5) is 39.4. The molecule has 1 saturated heterocycles. The summed E-state index contributed by atoms with van der Waals surface area (Å²) in [5.74, 6) is -0.744. The molecule has 6 heteroatoms. The van der Waals surface area contributed by atoms with Crippen LogP contribution in [0.3, 0.4) is 0 Å². The third-order valence-electron chi connectivity index (χ3n) is 6.30. The van der Waals surface area contributed by atoms with E-state index in [-0.39, 0.29) is 24.1 Å². The molecule has 186 valence electrons. The molecule has 0 radical (unpaired) electrons. The molecule has 1 heterocycles. The molecule has 2 amide bonds. The van der Waals surface area contributed by atoms with Crippen LogP contribution in [-0.4, -0.2) is 48.2 Å². The summed E-state index contributed by atoms with van der Waals surface area (Å²) < 4.78 is 0. The van der Waals surface area contributed by atoms with Crippen molar-refractivity contribution in [2.75, 3.05) is 19.6 Å². The van der Waals surface area contributed by atoms with Gasteiger partial charge in [0.2, 0.25) is 5.91 Å². The average Bonchev–Trinajstić information content (AvgIpc) is 3.37. The van der Waals surface area contributed by atoms with E-state index in [0.717, 1.165) is 30.5 Å². The Hall–Kier alpha value is -3.25. The Morgan fingerprint density at radius 1 is 1.00 bits per heavy atom. The van der Waals surface area contributed by atoms with Crippen molar-refractivity contribution in [2.24, 2.45) is 0 Å². The van der Waals surface area contributed by atoms with Crippen LogP contribution in [-0.2, 0) is 16.1 Å². The molecule has 0 spiro atoms. The molecular weight excluding hydrogens is 438 g/mol. The van der Waals surface area contributed by atoms with Crippen LogP contribution in [0.2, 0.25) is 0 Å². The van der Waals surface area contributed by atoms with Gasteiger partial charge in [-0.3, -0.25) is 19.3 Å². The maximum Gasteiger partial charge on any atom is 0.252 e. The lowest BCUT2D eigenvalue weighted by atomic mass is 10.0. The number of benzene rings is 2. The van der Waals surface area contributed by atoms with E-state index in [1.807, 2.05) is 37.3 Å². The molecule has 2 N–H and O–H groups in total. The van der Waals surface area contributed by atoms with Gasteiger partial charge in [0, 0.05) is 19.0 Å². The van der Waals surface area contributed by atoms with Gasteiger partial charge in [-0.1, -0.05) is 74.4 Å². The van der Waals surface area contributed by atoms with Crippen molar-refractivity contribution in [1.82, 2.24) is 15.5 Å². The van der Waals surface area contributed by atoms with Crippen LogP contribution in [0.25, 0.3) is 12.2 Å². The van der Waals surface area contributed by atoms with E-state index in [1.165, 1.54) is 38.4 Å². The van der Waals surface area contributed by atoms with Crippen molar-refractivity contribution in [3.63, 3.8) is 0 Å². The molecular formula is C29H37N3O3. The number of carbonyl (C=O) groups excluding carboxylic acids is 3. The summed E-state index contributed by atoms with van der Waals surface area (Å²) in [6.07, 6.45) is 8.78. The maximum atomic E-state index is 13.1. The van der Waals surface area contributed by atoms with E-state index in [4.69, 9.17) is 0 Å². The molecule has 0 bridgehead atoms. The lowest BCUT2D eigenvalue weighted by Crippen LogP contribution is -2.45. The first-order chi connectivity index (χ1) is 17.0. The Morgan fingerprint density at radius 3 is 2.40 bits per heavy atom. The predicted octanol–water partition coefficient (Wildman–Crippen LogP) is 4.45. The summed E-state index contributed by atoms with van der Waals surface area (Å²) in [5.41, 5.74) is 3.68. The molecule has 2 aromatic carbocycles. The van der Waals surface area contributed by atoms with Crippen LogP contribution >= 0.6 is 0 Å². The van der Waals surface area contributed by atoms with Gasteiger partial charge >= 0.3 is 0 Å². The monoisotopic (exact) mass is 475 g/mol. The fraction of sp³-hybridized carbons (Fsp3) is 0.414. The summed E-state index contributed by atoms with van der Waals surface area (Å²) >= 11 is 0. The number of Topliss-reactive ketones (excluding diaryl/α,β-unsaturated/α-hetero) is 1. The third kappa shape index (κ3) is 8.48. The molecule has 1 aliphatic rings. The van der Waals surface area contributed by atoms with Gasteiger partial charge in [-0.2, -0.15) is 0 Å². The molecule has 2 aromatic rings. The largest absolute Gasteiger partial charge is 0.349 e. The van der Waals surface area contributed by atoms with Gasteiger partial charge in [-0.05, 0) is 55.1 Å². The number of amides is 2. The van der Waals surface area contributed by atoms with E-state index in [0.29, 0.717) is 12.0 Å². The second-order valence-electron chi connectivity index (χ2n) is 9.19. The highest BCUT2D eigenvalue weighted by Gasteiger charge is 2.22. The molecule has 6 nitrogen and oxygen atoms in total. The van der Waals surface area contributed by atoms with Crippen LogP contribution in [0, 0.1) is 0 Å². The highest BCUT2D eigenvalue weighted by Crippen LogP contribution is 2.17. The molecule has 1 atom stereocenters. The maximum absolute atomic E-state index is 13.1. The van der Waals surface area contributed by atoms with E-state index in [2.05, 4.69) is 39.8 Å². The minimum atomic E-state index is -0.630. The predicted molar refractivity (Wildman–Crippen MR) is 141 cm³/mol. The average molecular weight is 476 g/mol. The second kappa shape index (κ2) is 13.6. The van der Waals surface area contributed by atoms with Crippen molar-refractivity contribution in [2.45, 2.75) is 58.5 Å².